The predicted octanol–water partition coefficient (Wildman–Crippen LogP) is 16.0. The molecule has 57 heavy (non-hydrogen) atoms. The minimum Gasteiger partial charge on any atom is -0.456 e. The van der Waals surface area contributed by atoms with Crippen LogP contribution in [0.15, 0.2) is 212 Å². The predicted molar refractivity (Wildman–Crippen MR) is 241 cm³/mol. The monoisotopic (exact) mass is 745 g/mol. The molecule has 0 saturated heterocycles. The maximum Gasteiger partial charge on any atom is 0.137 e. The summed E-state index contributed by atoms with van der Waals surface area (Å²) in [7, 11) is 0. The van der Waals surface area contributed by atoms with E-state index in [0.717, 1.165) is 61.9 Å². The number of thiophene rings is 1. The van der Waals surface area contributed by atoms with Crippen molar-refractivity contribution >= 4 is 48.6 Å². The Morgan fingerprint density at radius 2 is 0.807 bits per heavy atom. The van der Waals surface area contributed by atoms with Gasteiger partial charge < -0.3 is 9.64 Å². The molecular weight excluding hydrogens is 711 g/mol. The second kappa shape index (κ2) is 13.8. The lowest BCUT2D eigenvalue weighted by molar-refractivity contribution is 0.488. The first kappa shape index (κ1) is 33.2. The fourth-order valence-corrected chi connectivity index (χ4v) is 9.55. The highest BCUT2D eigenvalue weighted by Crippen LogP contribution is 2.50. The smallest absolute Gasteiger partial charge is 0.137 e. The minimum atomic E-state index is 0.822. The SMILES string of the molecule is c1ccc(-c2ccc(N(c3ccc(-c4cccc5c4sc4ccccc45)cc3)c3ccc4c(c3)Oc3cc(-c5ccccc5)ccc3-c3ccccc3-4)cc2)cc1. The van der Waals surface area contributed by atoms with Crippen molar-refractivity contribution in [1.82, 2.24) is 0 Å². The highest BCUT2D eigenvalue weighted by atomic mass is 32.1. The number of rotatable bonds is 6. The van der Waals surface area contributed by atoms with Gasteiger partial charge in [0.05, 0.1) is 0 Å². The van der Waals surface area contributed by atoms with Crippen LogP contribution in [0.5, 0.6) is 11.5 Å². The van der Waals surface area contributed by atoms with Crippen molar-refractivity contribution in [2.75, 3.05) is 4.90 Å². The average molecular weight is 746 g/mol. The Labute approximate surface area is 336 Å². The Bertz CT molecular complexity index is 3080. The molecule has 11 rings (SSSR count). The van der Waals surface area contributed by atoms with E-state index in [0.29, 0.717) is 0 Å². The molecule has 0 N–H and O–H groups in total. The number of ether oxygens (including phenoxy) is 1. The molecule has 0 aliphatic carbocycles. The van der Waals surface area contributed by atoms with Crippen LogP contribution < -0.4 is 9.64 Å². The summed E-state index contributed by atoms with van der Waals surface area (Å²) in [5.41, 5.74) is 14.7. The lowest BCUT2D eigenvalue weighted by Crippen LogP contribution is -2.10. The van der Waals surface area contributed by atoms with Gasteiger partial charge in [-0.25, -0.2) is 0 Å². The molecule has 1 aromatic heterocycles. The largest absolute Gasteiger partial charge is 0.456 e. The molecule has 0 spiro atoms. The Kier molecular flexibility index (Phi) is 8.04. The minimum absolute atomic E-state index is 0.822. The van der Waals surface area contributed by atoms with Gasteiger partial charge in [-0.05, 0) is 99.1 Å². The third-order valence-corrected chi connectivity index (χ3v) is 12.3. The zero-order valence-electron chi connectivity index (χ0n) is 31.0. The van der Waals surface area contributed by atoms with E-state index in [-0.39, 0.29) is 0 Å². The van der Waals surface area contributed by atoms with Crippen molar-refractivity contribution in [3.63, 3.8) is 0 Å². The fraction of sp³-hybridized carbons (Fsp3) is 0. The molecule has 2 heterocycles. The van der Waals surface area contributed by atoms with Gasteiger partial charge in [0.25, 0.3) is 0 Å². The van der Waals surface area contributed by atoms with Crippen molar-refractivity contribution < 1.29 is 4.74 Å². The topological polar surface area (TPSA) is 12.5 Å². The first-order valence-corrected chi connectivity index (χ1v) is 20.1. The lowest BCUT2D eigenvalue weighted by atomic mass is 9.93. The normalized spacial score (nSPS) is 11.6. The molecule has 1 aliphatic heterocycles. The van der Waals surface area contributed by atoms with Crippen LogP contribution in [0.25, 0.3) is 75.8 Å². The molecule has 268 valence electrons. The molecule has 0 unspecified atom stereocenters. The zero-order chi connectivity index (χ0) is 37.7. The third kappa shape index (κ3) is 5.88. The summed E-state index contributed by atoms with van der Waals surface area (Å²) in [5, 5.41) is 2.62. The second-order valence-corrected chi connectivity index (χ2v) is 15.5. The van der Waals surface area contributed by atoms with Crippen molar-refractivity contribution in [3.8, 4) is 67.1 Å². The first-order valence-electron chi connectivity index (χ1n) is 19.3. The number of nitrogens with zero attached hydrogens (tertiary/aromatic N) is 1. The standard InChI is InChI=1S/C54H35NOS/c1-3-12-36(13-4-1)38-22-27-41(28-23-38)55(42-29-24-39(25-30-42)44-19-11-20-50-49-18-9-10-21-53(49)57-54(44)50)43-31-33-48-46-17-8-7-16-45(46)47-32-26-40(37-14-5-2-6-15-37)34-51(47)56-52(48)35-43/h1-35H. The van der Waals surface area contributed by atoms with Gasteiger partial charge in [-0.2, -0.15) is 0 Å². The first-order chi connectivity index (χ1) is 28.2. The van der Waals surface area contributed by atoms with E-state index in [2.05, 4.69) is 217 Å². The Morgan fingerprint density at radius 3 is 1.51 bits per heavy atom. The molecule has 9 aromatic carbocycles. The van der Waals surface area contributed by atoms with Crippen molar-refractivity contribution in [3.05, 3.63) is 212 Å². The maximum absolute atomic E-state index is 7.00. The molecular formula is C54H35NOS. The van der Waals surface area contributed by atoms with Gasteiger partial charge >= 0.3 is 0 Å². The molecule has 1 aliphatic rings. The Balaban J connectivity index is 1.04. The summed E-state index contributed by atoms with van der Waals surface area (Å²) < 4.78 is 9.64. The highest BCUT2D eigenvalue weighted by molar-refractivity contribution is 7.26. The van der Waals surface area contributed by atoms with Gasteiger partial charge in [0.1, 0.15) is 11.5 Å². The van der Waals surface area contributed by atoms with Gasteiger partial charge in [0.15, 0.2) is 0 Å². The van der Waals surface area contributed by atoms with Crippen LogP contribution >= 0.6 is 11.3 Å². The van der Waals surface area contributed by atoms with Crippen LogP contribution in [0.3, 0.4) is 0 Å². The summed E-state index contributed by atoms with van der Waals surface area (Å²) in [6.45, 7) is 0. The third-order valence-electron chi connectivity index (χ3n) is 11.1. The molecule has 3 heteroatoms. The van der Waals surface area contributed by atoms with Crippen LogP contribution in [-0.2, 0) is 0 Å². The van der Waals surface area contributed by atoms with Crippen molar-refractivity contribution in [2.24, 2.45) is 0 Å². The molecule has 0 saturated carbocycles. The van der Waals surface area contributed by atoms with Crippen LogP contribution in [-0.4, -0.2) is 0 Å². The van der Waals surface area contributed by atoms with Crippen LogP contribution in [0.1, 0.15) is 0 Å². The summed E-state index contributed by atoms with van der Waals surface area (Å²) >= 11 is 1.87. The average Bonchev–Trinajstić information content (AvgIpc) is 3.60. The van der Waals surface area contributed by atoms with Crippen LogP contribution in [0.4, 0.5) is 17.1 Å². The van der Waals surface area contributed by atoms with Gasteiger partial charge in [-0.3, -0.25) is 0 Å². The Hall–Kier alpha value is -7.20. The summed E-state index contributed by atoms with van der Waals surface area (Å²) in [5.74, 6) is 1.67. The number of anilines is 3. The summed E-state index contributed by atoms with van der Waals surface area (Å²) in [6, 6.07) is 76.2. The molecule has 0 amide bonds. The number of fused-ring (bicyclic) bond motifs is 8. The number of hydrogen-bond acceptors (Lipinski definition) is 3. The van der Waals surface area contributed by atoms with E-state index in [4.69, 9.17) is 4.74 Å². The summed E-state index contributed by atoms with van der Waals surface area (Å²) in [4.78, 5) is 2.33. The highest BCUT2D eigenvalue weighted by Gasteiger charge is 2.23. The quantitative estimate of drug-likeness (QED) is 0.168. The van der Waals surface area contributed by atoms with Crippen LogP contribution in [0.2, 0.25) is 0 Å². The molecule has 0 bridgehead atoms. The zero-order valence-corrected chi connectivity index (χ0v) is 31.8. The molecule has 0 atom stereocenters. The van der Waals surface area contributed by atoms with E-state index in [1.807, 2.05) is 11.3 Å². The molecule has 0 radical (unpaired) electrons. The van der Waals surface area contributed by atoms with E-state index >= 15 is 0 Å². The fourth-order valence-electron chi connectivity index (χ4n) is 8.31. The van der Waals surface area contributed by atoms with Crippen molar-refractivity contribution in [2.45, 2.75) is 0 Å². The number of benzene rings is 9. The second-order valence-electron chi connectivity index (χ2n) is 14.5. The summed E-state index contributed by atoms with van der Waals surface area (Å²) in [6.07, 6.45) is 0. The molecule has 0 fully saturated rings. The lowest BCUT2D eigenvalue weighted by Gasteiger charge is -2.27. The number of hydrogen-bond donors (Lipinski definition) is 0. The van der Waals surface area contributed by atoms with Gasteiger partial charge in [0, 0.05) is 54.4 Å². The Morgan fingerprint density at radius 1 is 0.316 bits per heavy atom. The van der Waals surface area contributed by atoms with E-state index in [1.165, 1.54) is 42.4 Å². The van der Waals surface area contributed by atoms with Crippen molar-refractivity contribution in [1.29, 1.82) is 0 Å². The maximum atomic E-state index is 7.00. The molecule has 2 nitrogen and oxygen atoms in total. The van der Waals surface area contributed by atoms with E-state index < -0.39 is 0 Å². The molecule has 10 aromatic rings. The van der Waals surface area contributed by atoms with Gasteiger partial charge in [-0.1, -0.05) is 152 Å². The van der Waals surface area contributed by atoms with E-state index in [9.17, 15) is 0 Å². The van der Waals surface area contributed by atoms with Crippen LogP contribution in [0, 0.1) is 0 Å². The van der Waals surface area contributed by atoms with E-state index in [1.54, 1.807) is 0 Å². The van der Waals surface area contributed by atoms with Gasteiger partial charge in [-0.15, -0.1) is 11.3 Å². The van der Waals surface area contributed by atoms with Gasteiger partial charge in [0.2, 0.25) is 0 Å².